The molecule has 0 aliphatic heterocycles. The average Bonchev–Trinajstić information content (AvgIpc) is 2.39. The van der Waals surface area contributed by atoms with Crippen molar-refractivity contribution in [1.29, 1.82) is 0 Å². The summed E-state index contributed by atoms with van der Waals surface area (Å²) >= 11 is 0. The van der Waals surface area contributed by atoms with Crippen molar-refractivity contribution in [2.45, 2.75) is 6.92 Å². The number of para-hydroxylation sites is 1. The van der Waals surface area contributed by atoms with E-state index in [0.29, 0.717) is 11.3 Å². The Morgan fingerprint density at radius 2 is 2.00 bits per heavy atom. The van der Waals surface area contributed by atoms with Crippen LogP contribution < -0.4 is 4.74 Å². The van der Waals surface area contributed by atoms with Crippen molar-refractivity contribution in [2.24, 2.45) is 0 Å². The predicted octanol–water partition coefficient (Wildman–Crippen LogP) is 4.02. The van der Waals surface area contributed by atoms with Crippen LogP contribution in [-0.2, 0) is 4.79 Å². The second-order valence-electron chi connectivity index (χ2n) is 4.25. The van der Waals surface area contributed by atoms with E-state index in [2.05, 4.69) is 0 Å². The second-order valence-corrected chi connectivity index (χ2v) is 4.25. The summed E-state index contributed by atoms with van der Waals surface area (Å²) in [6, 6.07) is 11.6. The molecule has 2 rings (SSSR count). The number of carboxylic acids is 1. The summed E-state index contributed by atoms with van der Waals surface area (Å²) in [5.74, 6) is -1.13. The molecule has 2 aromatic rings. The Bertz CT molecular complexity index is 663. The Kier molecular flexibility index (Phi) is 4.15. The van der Waals surface area contributed by atoms with Crippen LogP contribution in [0.3, 0.4) is 0 Å². The third kappa shape index (κ3) is 3.45. The minimum Gasteiger partial charge on any atom is -0.478 e. The molecule has 0 aliphatic carbocycles. The van der Waals surface area contributed by atoms with Gasteiger partial charge < -0.3 is 9.84 Å². The molecule has 0 unspecified atom stereocenters. The Morgan fingerprint density at radius 3 is 2.70 bits per heavy atom. The summed E-state index contributed by atoms with van der Waals surface area (Å²) in [5, 5.41) is 8.64. The Labute approximate surface area is 115 Å². The van der Waals surface area contributed by atoms with Crippen molar-refractivity contribution < 1.29 is 19.0 Å². The molecule has 0 aliphatic rings. The fourth-order valence-electron chi connectivity index (χ4n) is 1.72. The van der Waals surface area contributed by atoms with E-state index < -0.39 is 11.8 Å². The van der Waals surface area contributed by atoms with E-state index in [1.807, 2.05) is 13.0 Å². The molecule has 0 aromatic heterocycles. The van der Waals surface area contributed by atoms with Crippen molar-refractivity contribution in [3.05, 3.63) is 65.5 Å². The van der Waals surface area contributed by atoms with E-state index >= 15 is 0 Å². The fraction of sp³-hybridized carbons (Fsp3) is 0.0625. The van der Waals surface area contributed by atoms with Gasteiger partial charge in [0, 0.05) is 11.6 Å². The molecule has 102 valence electrons. The summed E-state index contributed by atoms with van der Waals surface area (Å²) in [7, 11) is 0. The molecule has 0 saturated heterocycles. The van der Waals surface area contributed by atoms with Gasteiger partial charge in [-0.3, -0.25) is 0 Å². The van der Waals surface area contributed by atoms with Crippen LogP contribution in [0, 0.1) is 12.7 Å². The van der Waals surface area contributed by atoms with Crippen LogP contribution in [0.4, 0.5) is 4.39 Å². The monoisotopic (exact) mass is 272 g/mol. The molecule has 0 radical (unpaired) electrons. The van der Waals surface area contributed by atoms with Crippen molar-refractivity contribution in [3.8, 4) is 11.5 Å². The van der Waals surface area contributed by atoms with Gasteiger partial charge in [-0.05, 0) is 36.8 Å². The number of hydrogen-bond acceptors (Lipinski definition) is 2. The van der Waals surface area contributed by atoms with Crippen LogP contribution in [0.5, 0.6) is 11.5 Å². The second kappa shape index (κ2) is 6.02. The van der Waals surface area contributed by atoms with Gasteiger partial charge in [0.25, 0.3) is 0 Å². The summed E-state index contributed by atoms with van der Waals surface area (Å²) in [4.78, 5) is 10.6. The molecule has 0 fully saturated rings. The van der Waals surface area contributed by atoms with Gasteiger partial charge in [0.05, 0.1) is 0 Å². The van der Waals surface area contributed by atoms with Crippen molar-refractivity contribution in [1.82, 2.24) is 0 Å². The lowest BCUT2D eigenvalue weighted by Crippen LogP contribution is -1.93. The fourth-order valence-corrected chi connectivity index (χ4v) is 1.72. The number of aliphatic carboxylic acids is 1. The van der Waals surface area contributed by atoms with Crippen LogP contribution >= 0.6 is 0 Å². The van der Waals surface area contributed by atoms with Crippen LogP contribution in [0.25, 0.3) is 6.08 Å². The largest absolute Gasteiger partial charge is 0.478 e. The first-order chi connectivity index (χ1) is 9.56. The summed E-state index contributed by atoms with van der Waals surface area (Å²) in [5.41, 5.74) is 1.36. The number of hydrogen-bond donors (Lipinski definition) is 1. The van der Waals surface area contributed by atoms with Gasteiger partial charge in [-0.15, -0.1) is 0 Å². The zero-order valence-corrected chi connectivity index (χ0v) is 10.8. The molecule has 0 spiro atoms. The van der Waals surface area contributed by atoms with Crippen LogP contribution in [-0.4, -0.2) is 11.1 Å². The quantitative estimate of drug-likeness (QED) is 0.855. The highest BCUT2D eigenvalue weighted by Crippen LogP contribution is 2.29. The summed E-state index contributed by atoms with van der Waals surface area (Å²) in [6.07, 6.45) is 2.24. The zero-order chi connectivity index (χ0) is 14.5. The van der Waals surface area contributed by atoms with Gasteiger partial charge >= 0.3 is 5.97 Å². The third-order valence-electron chi connectivity index (χ3n) is 2.61. The number of carbonyl (C=O) groups is 1. The van der Waals surface area contributed by atoms with Gasteiger partial charge in [0.15, 0.2) is 11.6 Å². The minimum atomic E-state index is -1.10. The minimum absolute atomic E-state index is 0.00981. The van der Waals surface area contributed by atoms with E-state index in [-0.39, 0.29) is 5.75 Å². The Morgan fingerprint density at radius 1 is 1.25 bits per heavy atom. The SMILES string of the molecule is Cc1cccc(Oc2c(F)cccc2/C=C/C(=O)O)c1. The third-order valence-corrected chi connectivity index (χ3v) is 2.61. The molecule has 0 atom stereocenters. The maximum Gasteiger partial charge on any atom is 0.328 e. The highest BCUT2D eigenvalue weighted by atomic mass is 19.1. The van der Waals surface area contributed by atoms with Gasteiger partial charge in [-0.1, -0.05) is 24.3 Å². The molecule has 0 heterocycles. The Balaban J connectivity index is 2.37. The average molecular weight is 272 g/mol. The molecule has 0 saturated carbocycles. The standard InChI is InChI=1S/C16H13FO3/c1-11-4-2-6-13(10-11)20-16-12(8-9-15(18)19)5-3-7-14(16)17/h2-10H,1H3,(H,18,19)/b9-8+. The number of benzene rings is 2. The van der Waals surface area contributed by atoms with Crippen molar-refractivity contribution in [3.63, 3.8) is 0 Å². The molecule has 0 amide bonds. The molecule has 4 heteroatoms. The van der Waals surface area contributed by atoms with Gasteiger partial charge in [-0.25, -0.2) is 9.18 Å². The molecule has 3 nitrogen and oxygen atoms in total. The number of ether oxygens (including phenoxy) is 1. The van der Waals surface area contributed by atoms with Crippen LogP contribution in [0.2, 0.25) is 0 Å². The summed E-state index contributed by atoms with van der Waals surface area (Å²) < 4.78 is 19.4. The highest BCUT2D eigenvalue weighted by Gasteiger charge is 2.09. The molecular formula is C16H13FO3. The van der Waals surface area contributed by atoms with Crippen molar-refractivity contribution >= 4 is 12.0 Å². The van der Waals surface area contributed by atoms with E-state index in [1.165, 1.54) is 18.2 Å². The lowest BCUT2D eigenvalue weighted by molar-refractivity contribution is -0.131. The maximum absolute atomic E-state index is 13.9. The van der Waals surface area contributed by atoms with Crippen LogP contribution in [0.15, 0.2) is 48.5 Å². The summed E-state index contributed by atoms with van der Waals surface area (Å²) in [6.45, 7) is 1.90. The number of halogens is 1. The van der Waals surface area contributed by atoms with Gasteiger partial charge in [-0.2, -0.15) is 0 Å². The predicted molar refractivity (Wildman–Crippen MR) is 74.3 cm³/mol. The number of aryl methyl sites for hydroxylation is 1. The molecule has 0 bridgehead atoms. The molecule has 20 heavy (non-hydrogen) atoms. The first-order valence-electron chi connectivity index (χ1n) is 6.00. The molecule has 2 aromatic carbocycles. The zero-order valence-electron chi connectivity index (χ0n) is 10.8. The van der Waals surface area contributed by atoms with E-state index in [4.69, 9.17) is 9.84 Å². The normalized spacial score (nSPS) is 10.7. The van der Waals surface area contributed by atoms with Crippen LogP contribution in [0.1, 0.15) is 11.1 Å². The first kappa shape index (κ1) is 13.8. The Hall–Kier alpha value is -2.62. The van der Waals surface area contributed by atoms with E-state index in [0.717, 1.165) is 11.6 Å². The topological polar surface area (TPSA) is 46.5 Å². The first-order valence-corrected chi connectivity index (χ1v) is 6.00. The van der Waals surface area contributed by atoms with Gasteiger partial charge in [0.1, 0.15) is 5.75 Å². The number of carboxylic acid groups (broad SMARTS) is 1. The van der Waals surface area contributed by atoms with Crippen molar-refractivity contribution in [2.75, 3.05) is 0 Å². The van der Waals surface area contributed by atoms with E-state index in [1.54, 1.807) is 24.3 Å². The van der Waals surface area contributed by atoms with E-state index in [9.17, 15) is 9.18 Å². The lowest BCUT2D eigenvalue weighted by atomic mass is 10.1. The highest BCUT2D eigenvalue weighted by molar-refractivity contribution is 5.85. The smallest absolute Gasteiger partial charge is 0.328 e. The number of rotatable bonds is 4. The lowest BCUT2D eigenvalue weighted by Gasteiger charge is -2.10. The van der Waals surface area contributed by atoms with Gasteiger partial charge in [0.2, 0.25) is 0 Å². The molecule has 1 N–H and O–H groups in total. The molecular weight excluding hydrogens is 259 g/mol. The maximum atomic E-state index is 13.9.